The standard InChI is InChI=1S/C15H17N3/c1-2-17-10-15-7-8-18(12-15)11-14-5-3-13(9-16)4-6-14/h3-8,12,17H,2,10-11H2,1H3. The van der Waals surface area contributed by atoms with E-state index in [1.54, 1.807) is 0 Å². The molecule has 2 rings (SSSR count). The Hall–Kier alpha value is -2.05. The molecule has 0 aliphatic rings. The summed E-state index contributed by atoms with van der Waals surface area (Å²) in [7, 11) is 0. The van der Waals surface area contributed by atoms with Crippen LogP contribution in [0.3, 0.4) is 0 Å². The highest BCUT2D eigenvalue weighted by Gasteiger charge is 1.98. The van der Waals surface area contributed by atoms with Crippen LogP contribution in [0.2, 0.25) is 0 Å². The molecule has 0 saturated carbocycles. The molecule has 1 aromatic heterocycles. The van der Waals surface area contributed by atoms with Crippen LogP contribution in [0, 0.1) is 11.3 Å². The van der Waals surface area contributed by atoms with Gasteiger partial charge in [-0.15, -0.1) is 0 Å². The van der Waals surface area contributed by atoms with Crippen molar-refractivity contribution in [2.24, 2.45) is 0 Å². The minimum absolute atomic E-state index is 0.707. The van der Waals surface area contributed by atoms with Crippen molar-refractivity contribution in [2.75, 3.05) is 6.54 Å². The number of hydrogen-bond donors (Lipinski definition) is 1. The Morgan fingerprint density at radius 3 is 2.61 bits per heavy atom. The van der Waals surface area contributed by atoms with E-state index in [2.05, 4.69) is 41.3 Å². The molecule has 1 heterocycles. The minimum Gasteiger partial charge on any atom is -0.350 e. The van der Waals surface area contributed by atoms with Crippen molar-refractivity contribution in [1.29, 1.82) is 5.26 Å². The summed E-state index contributed by atoms with van der Waals surface area (Å²) in [6, 6.07) is 12.0. The molecule has 0 fully saturated rings. The lowest BCUT2D eigenvalue weighted by Gasteiger charge is -2.03. The smallest absolute Gasteiger partial charge is 0.0991 e. The van der Waals surface area contributed by atoms with E-state index in [0.717, 1.165) is 19.6 Å². The monoisotopic (exact) mass is 239 g/mol. The summed E-state index contributed by atoms with van der Waals surface area (Å²) in [6.07, 6.45) is 4.24. The number of hydrogen-bond acceptors (Lipinski definition) is 2. The Bertz CT molecular complexity index is 532. The summed E-state index contributed by atoms with van der Waals surface area (Å²) in [5, 5.41) is 12.0. The first-order valence-electron chi connectivity index (χ1n) is 6.16. The molecule has 18 heavy (non-hydrogen) atoms. The van der Waals surface area contributed by atoms with Crippen LogP contribution < -0.4 is 5.32 Å². The number of aromatic nitrogens is 1. The molecule has 2 aromatic rings. The molecule has 0 aliphatic carbocycles. The van der Waals surface area contributed by atoms with Gasteiger partial charge in [0.25, 0.3) is 0 Å². The third-order valence-electron chi connectivity index (χ3n) is 2.84. The lowest BCUT2D eigenvalue weighted by Crippen LogP contribution is -2.11. The molecular weight excluding hydrogens is 222 g/mol. The second-order valence-corrected chi connectivity index (χ2v) is 4.28. The summed E-state index contributed by atoms with van der Waals surface area (Å²) in [6.45, 7) is 4.85. The quantitative estimate of drug-likeness (QED) is 0.871. The van der Waals surface area contributed by atoms with Crippen molar-refractivity contribution in [3.05, 3.63) is 59.4 Å². The largest absolute Gasteiger partial charge is 0.350 e. The average molecular weight is 239 g/mol. The van der Waals surface area contributed by atoms with Crippen LogP contribution in [0.25, 0.3) is 0 Å². The second-order valence-electron chi connectivity index (χ2n) is 4.28. The maximum atomic E-state index is 8.74. The van der Waals surface area contributed by atoms with Gasteiger partial charge in [0.15, 0.2) is 0 Å². The molecule has 92 valence electrons. The van der Waals surface area contributed by atoms with Crippen molar-refractivity contribution in [2.45, 2.75) is 20.0 Å². The molecule has 3 nitrogen and oxygen atoms in total. The predicted octanol–water partition coefficient (Wildman–Crippen LogP) is 2.52. The van der Waals surface area contributed by atoms with Crippen LogP contribution in [0.1, 0.15) is 23.6 Å². The van der Waals surface area contributed by atoms with Gasteiger partial charge >= 0.3 is 0 Å². The zero-order chi connectivity index (χ0) is 12.8. The molecule has 0 spiro atoms. The molecular formula is C15H17N3. The summed E-state index contributed by atoms with van der Waals surface area (Å²) in [5.41, 5.74) is 3.21. The van der Waals surface area contributed by atoms with Crippen LogP contribution in [-0.4, -0.2) is 11.1 Å². The van der Waals surface area contributed by atoms with Gasteiger partial charge in [0, 0.05) is 25.5 Å². The van der Waals surface area contributed by atoms with Crippen LogP contribution in [0.4, 0.5) is 0 Å². The van der Waals surface area contributed by atoms with E-state index in [1.165, 1.54) is 11.1 Å². The molecule has 0 atom stereocenters. The summed E-state index contributed by atoms with van der Waals surface area (Å²) >= 11 is 0. The van der Waals surface area contributed by atoms with Crippen LogP contribution in [0.15, 0.2) is 42.7 Å². The number of benzene rings is 1. The Balaban J connectivity index is 2.00. The molecule has 0 radical (unpaired) electrons. The van der Waals surface area contributed by atoms with Gasteiger partial charge in [0.05, 0.1) is 11.6 Å². The van der Waals surface area contributed by atoms with Gasteiger partial charge in [-0.05, 0) is 35.9 Å². The minimum atomic E-state index is 0.707. The maximum Gasteiger partial charge on any atom is 0.0991 e. The fourth-order valence-electron chi connectivity index (χ4n) is 1.86. The highest BCUT2D eigenvalue weighted by molar-refractivity contribution is 5.31. The van der Waals surface area contributed by atoms with Crippen LogP contribution in [0.5, 0.6) is 0 Å². The summed E-state index contributed by atoms with van der Waals surface area (Å²) in [5.74, 6) is 0. The number of nitrogens with one attached hydrogen (secondary N) is 1. The fraction of sp³-hybridized carbons (Fsp3) is 0.267. The molecule has 1 aromatic carbocycles. The second kappa shape index (κ2) is 6.04. The molecule has 0 unspecified atom stereocenters. The Labute approximate surface area is 108 Å². The van der Waals surface area contributed by atoms with E-state index >= 15 is 0 Å². The first kappa shape index (κ1) is 12.4. The van der Waals surface area contributed by atoms with E-state index < -0.39 is 0 Å². The van der Waals surface area contributed by atoms with Crippen LogP contribution >= 0.6 is 0 Å². The number of nitriles is 1. The van der Waals surface area contributed by atoms with E-state index in [4.69, 9.17) is 5.26 Å². The zero-order valence-corrected chi connectivity index (χ0v) is 10.6. The summed E-state index contributed by atoms with van der Waals surface area (Å²) in [4.78, 5) is 0. The maximum absolute atomic E-state index is 8.74. The zero-order valence-electron chi connectivity index (χ0n) is 10.6. The van der Waals surface area contributed by atoms with Gasteiger partial charge in [-0.3, -0.25) is 0 Å². The third-order valence-corrected chi connectivity index (χ3v) is 2.84. The van der Waals surface area contributed by atoms with E-state index in [-0.39, 0.29) is 0 Å². The summed E-state index contributed by atoms with van der Waals surface area (Å²) < 4.78 is 2.16. The van der Waals surface area contributed by atoms with Crippen LogP contribution in [-0.2, 0) is 13.1 Å². The third kappa shape index (κ3) is 3.22. The van der Waals surface area contributed by atoms with Crippen molar-refractivity contribution in [3.8, 4) is 6.07 Å². The van der Waals surface area contributed by atoms with Crippen molar-refractivity contribution >= 4 is 0 Å². The van der Waals surface area contributed by atoms with Crippen molar-refractivity contribution in [3.63, 3.8) is 0 Å². The molecule has 1 N–H and O–H groups in total. The molecule has 0 saturated heterocycles. The number of rotatable bonds is 5. The van der Waals surface area contributed by atoms with E-state index in [9.17, 15) is 0 Å². The van der Waals surface area contributed by atoms with Gasteiger partial charge in [-0.1, -0.05) is 19.1 Å². The average Bonchev–Trinajstić information content (AvgIpc) is 2.85. The Morgan fingerprint density at radius 2 is 1.94 bits per heavy atom. The molecule has 3 heteroatoms. The highest BCUT2D eigenvalue weighted by atomic mass is 14.9. The van der Waals surface area contributed by atoms with E-state index in [1.807, 2.05) is 24.3 Å². The lowest BCUT2D eigenvalue weighted by molar-refractivity contribution is 0.721. The Morgan fingerprint density at radius 1 is 1.17 bits per heavy atom. The highest BCUT2D eigenvalue weighted by Crippen LogP contribution is 2.08. The SMILES string of the molecule is CCNCc1ccn(Cc2ccc(C#N)cc2)c1. The number of nitrogens with zero attached hydrogens (tertiary/aromatic N) is 2. The van der Waals surface area contributed by atoms with Gasteiger partial charge in [0.2, 0.25) is 0 Å². The fourth-order valence-corrected chi connectivity index (χ4v) is 1.86. The lowest BCUT2D eigenvalue weighted by atomic mass is 10.1. The van der Waals surface area contributed by atoms with Gasteiger partial charge < -0.3 is 9.88 Å². The normalized spacial score (nSPS) is 10.2. The van der Waals surface area contributed by atoms with E-state index in [0.29, 0.717) is 5.56 Å². The molecule has 0 bridgehead atoms. The van der Waals surface area contributed by atoms with Gasteiger partial charge in [0.1, 0.15) is 0 Å². The molecule has 0 aliphatic heterocycles. The first-order valence-corrected chi connectivity index (χ1v) is 6.16. The first-order chi connectivity index (χ1) is 8.81. The Kier molecular flexibility index (Phi) is 4.16. The molecule has 0 amide bonds. The topological polar surface area (TPSA) is 40.8 Å². The predicted molar refractivity (Wildman–Crippen MR) is 72.1 cm³/mol. The van der Waals surface area contributed by atoms with Gasteiger partial charge in [-0.2, -0.15) is 5.26 Å². The van der Waals surface area contributed by atoms with Crippen molar-refractivity contribution in [1.82, 2.24) is 9.88 Å². The van der Waals surface area contributed by atoms with Gasteiger partial charge in [-0.25, -0.2) is 0 Å². The van der Waals surface area contributed by atoms with Crippen molar-refractivity contribution < 1.29 is 0 Å².